The molecule has 286 valence electrons. The first-order valence-electron chi connectivity index (χ1n) is 20.8. The smallest absolute Gasteiger partial charge is 0.160 e. The van der Waals surface area contributed by atoms with Crippen LogP contribution >= 0.6 is 11.8 Å². The Morgan fingerprint density at radius 3 is 1.93 bits per heavy atom. The molecule has 4 heteroatoms. The molecule has 2 aliphatic carbocycles. The van der Waals surface area contributed by atoms with E-state index in [4.69, 9.17) is 9.97 Å². The van der Waals surface area contributed by atoms with Crippen molar-refractivity contribution in [1.29, 1.82) is 0 Å². The molecule has 0 saturated heterocycles. The van der Waals surface area contributed by atoms with Crippen molar-refractivity contribution < 1.29 is 0 Å². The largest absolute Gasteiger partial charge is 0.264 e. The van der Waals surface area contributed by atoms with Crippen molar-refractivity contribution in [3.8, 4) is 67.3 Å². The molecule has 1 aliphatic heterocycles. The Balaban J connectivity index is 1.05. The number of pyridine rings is 1. The third-order valence-electron chi connectivity index (χ3n) is 12.3. The third-order valence-corrected chi connectivity index (χ3v) is 13.4. The van der Waals surface area contributed by atoms with Crippen LogP contribution < -0.4 is 0 Å². The second kappa shape index (κ2) is 15.4. The van der Waals surface area contributed by atoms with E-state index in [0.717, 1.165) is 58.9 Å². The molecule has 6 aromatic carbocycles. The van der Waals surface area contributed by atoms with Gasteiger partial charge < -0.3 is 0 Å². The Hall–Kier alpha value is -6.88. The zero-order valence-electron chi connectivity index (χ0n) is 33.1. The SMILES string of the molecule is C1=C2SC/C=C\C=C/CC3(C2=CCC1)c1cc(-c2ccc(-c4cc(-c5ccccc5)nc(-c5ccccc5)n4)cc2)ccc1-c1ccc(-c2cccc4ccncc24)cc13. The van der Waals surface area contributed by atoms with E-state index in [2.05, 4.69) is 169 Å². The van der Waals surface area contributed by atoms with Crippen molar-refractivity contribution in [3.63, 3.8) is 0 Å². The number of allylic oxidation sites excluding steroid dienone is 6. The Kier molecular flexibility index (Phi) is 9.28. The molecule has 3 aliphatic rings. The Morgan fingerprint density at radius 1 is 0.500 bits per heavy atom. The number of hydrogen-bond donors (Lipinski definition) is 0. The van der Waals surface area contributed by atoms with E-state index >= 15 is 0 Å². The molecule has 0 saturated carbocycles. The van der Waals surface area contributed by atoms with E-state index in [1.54, 1.807) is 0 Å². The Labute approximate surface area is 355 Å². The minimum absolute atomic E-state index is 0.358. The molecule has 3 nitrogen and oxygen atoms in total. The van der Waals surface area contributed by atoms with E-state index in [9.17, 15) is 0 Å². The summed E-state index contributed by atoms with van der Waals surface area (Å²) >= 11 is 1.97. The third kappa shape index (κ3) is 6.36. The maximum absolute atomic E-state index is 5.10. The zero-order chi connectivity index (χ0) is 39.9. The average Bonchev–Trinajstić information content (AvgIpc) is 3.60. The van der Waals surface area contributed by atoms with Crippen molar-refractivity contribution in [2.75, 3.05) is 5.75 Å². The molecular weight excluding hydrogens is 747 g/mol. The van der Waals surface area contributed by atoms with Gasteiger partial charge in [-0.2, -0.15) is 0 Å². The topological polar surface area (TPSA) is 38.7 Å². The van der Waals surface area contributed by atoms with Crippen molar-refractivity contribution in [1.82, 2.24) is 15.0 Å². The summed E-state index contributed by atoms with van der Waals surface area (Å²) in [5.41, 5.74) is 16.2. The number of fused-ring (bicyclic) bond motifs is 8. The number of hydrogen-bond acceptors (Lipinski definition) is 4. The van der Waals surface area contributed by atoms with Gasteiger partial charge in [0.2, 0.25) is 0 Å². The van der Waals surface area contributed by atoms with Crippen LogP contribution in [0.5, 0.6) is 0 Å². The van der Waals surface area contributed by atoms with Gasteiger partial charge in [0.25, 0.3) is 0 Å². The Bertz CT molecular complexity index is 2990. The predicted octanol–water partition coefficient (Wildman–Crippen LogP) is 14.5. The van der Waals surface area contributed by atoms with Crippen LogP contribution in [0.2, 0.25) is 0 Å². The van der Waals surface area contributed by atoms with Crippen LogP contribution in [-0.4, -0.2) is 20.7 Å². The predicted molar refractivity (Wildman–Crippen MR) is 251 cm³/mol. The first-order chi connectivity index (χ1) is 29.7. The molecule has 1 atom stereocenters. The molecule has 0 fully saturated rings. The molecule has 3 heterocycles. The van der Waals surface area contributed by atoms with Crippen LogP contribution in [0.1, 0.15) is 30.4 Å². The van der Waals surface area contributed by atoms with Crippen LogP contribution in [0.4, 0.5) is 0 Å². The fourth-order valence-corrected chi connectivity index (χ4v) is 10.4. The van der Waals surface area contributed by atoms with Gasteiger partial charge in [-0.25, -0.2) is 9.97 Å². The van der Waals surface area contributed by atoms with Crippen LogP contribution in [0.15, 0.2) is 211 Å². The monoisotopic (exact) mass is 787 g/mol. The summed E-state index contributed by atoms with van der Waals surface area (Å²) in [5.74, 6) is 1.67. The lowest BCUT2D eigenvalue weighted by Crippen LogP contribution is -2.29. The highest BCUT2D eigenvalue weighted by atomic mass is 32.2. The van der Waals surface area contributed by atoms with Crippen LogP contribution in [-0.2, 0) is 5.41 Å². The van der Waals surface area contributed by atoms with Crippen molar-refractivity contribution in [2.24, 2.45) is 0 Å². The van der Waals surface area contributed by atoms with Gasteiger partial charge in [-0.1, -0.05) is 164 Å². The summed E-state index contributed by atoms with van der Waals surface area (Å²) in [4.78, 5) is 16.1. The second-order valence-electron chi connectivity index (χ2n) is 15.7. The van der Waals surface area contributed by atoms with Gasteiger partial charge in [0.1, 0.15) is 0 Å². The molecule has 60 heavy (non-hydrogen) atoms. The first kappa shape index (κ1) is 36.2. The number of aromatic nitrogens is 3. The maximum Gasteiger partial charge on any atom is 0.160 e. The molecule has 11 rings (SSSR count). The van der Waals surface area contributed by atoms with E-state index in [1.807, 2.05) is 48.4 Å². The van der Waals surface area contributed by atoms with Crippen molar-refractivity contribution >= 4 is 22.5 Å². The summed E-state index contributed by atoms with van der Waals surface area (Å²) in [5, 5.41) is 2.38. The lowest BCUT2D eigenvalue weighted by Gasteiger charge is -2.37. The maximum atomic E-state index is 5.10. The molecule has 0 N–H and O–H groups in total. The van der Waals surface area contributed by atoms with Gasteiger partial charge in [-0.3, -0.25) is 4.98 Å². The van der Waals surface area contributed by atoms with Crippen molar-refractivity contribution in [3.05, 3.63) is 222 Å². The molecule has 8 aromatic rings. The molecule has 1 spiro atoms. The van der Waals surface area contributed by atoms with E-state index in [0.29, 0.717) is 0 Å². The van der Waals surface area contributed by atoms with Gasteiger partial charge >= 0.3 is 0 Å². The lowest BCUT2D eigenvalue weighted by molar-refractivity contribution is 0.633. The highest BCUT2D eigenvalue weighted by molar-refractivity contribution is 8.03. The van der Waals surface area contributed by atoms with E-state index in [1.165, 1.54) is 65.8 Å². The normalized spacial score (nSPS) is 17.9. The van der Waals surface area contributed by atoms with Crippen LogP contribution in [0.3, 0.4) is 0 Å². The molecule has 0 radical (unpaired) electrons. The highest BCUT2D eigenvalue weighted by Crippen LogP contribution is 2.59. The number of rotatable bonds is 5. The molecule has 2 aromatic heterocycles. The van der Waals surface area contributed by atoms with Crippen LogP contribution in [0, 0.1) is 0 Å². The number of nitrogens with zero attached hydrogens (tertiary/aromatic N) is 3. The summed E-state index contributed by atoms with van der Waals surface area (Å²) in [6, 6.07) is 54.7. The summed E-state index contributed by atoms with van der Waals surface area (Å²) in [7, 11) is 0. The quantitative estimate of drug-likeness (QED) is 0.174. The zero-order valence-corrected chi connectivity index (χ0v) is 33.9. The minimum atomic E-state index is -0.358. The average molecular weight is 788 g/mol. The van der Waals surface area contributed by atoms with Gasteiger partial charge in [0, 0.05) is 45.1 Å². The van der Waals surface area contributed by atoms with Gasteiger partial charge in [0.15, 0.2) is 5.82 Å². The molecule has 0 bridgehead atoms. The fraction of sp³-hybridized carbons (Fsp3) is 0.0893. The standard InChI is InChI=1S/C56H41N3S/c1-2-12-33-60-54-21-10-9-20-49(54)56(31-11-1)50-34-43(26-28-46(50)47-29-27-44(35-51(47)56)45-19-13-18-39-30-32-57-37-48(39)45)38-22-24-41(25-23-38)53-36-52(40-14-5-3-6-15-40)58-55(59-53)42-16-7-4-8-17-42/h1-8,11-30,32,34-37H,9-10,31,33H2/b11-1-,12-2-. The number of thioether (sulfide) groups is 1. The highest BCUT2D eigenvalue weighted by Gasteiger charge is 2.47. The summed E-state index contributed by atoms with van der Waals surface area (Å²) in [6.07, 6.45) is 21.0. The van der Waals surface area contributed by atoms with Gasteiger partial charge in [-0.05, 0) is 99.0 Å². The second-order valence-corrected chi connectivity index (χ2v) is 16.8. The summed E-state index contributed by atoms with van der Waals surface area (Å²) in [6.45, 7) is 0. The molecule has 1 unspecified atom stereocenters. The van der Waals surface area contributed by atoms with Crippen LogP contribution in [0.25, 0.3) is 78.1 Å². The minimum Gasteiger partial charge on any atom is -0.264 e. The van der Waals surface area contributed by atoms with Gasteiger partial charge in [0.05, 0.1) is 16.8 Å². The fourth-order valence-electron chi connectivity index (χ4n) is 9.41. The number of benzene rings is 6. The molecular formula is C56H41N3S. The van der Waals surface area contributed by atoms with E-state index < -0.39 is 0 Å². The first-order valence-corrected chi connectivity index (χ1v) is 21.8. The van der Waals surface area contributed by atoms with E-state index in [-0.39, 0.29) is 5.41 Å². The van der Waals surface area contributed by atoms with Gasteiger partial charge in [-0.15, -0.1) is 11.8 Å². The lowest BCUT2D eigenvalue weighted by atomic mass is 9.67. The van der Waals surface area contributed by atoms with Crippen molar-refractivity contribution in [2.45, 2.75) is 24.7 Å². The summed E-state index contributed by atoms with van der Waals surface area (Å²) < 4.78 is 0. The Morgan fingerprint density at radius 2 is 1.15 bits per heavy atom. The molecule has 0 amide bonds.